The lowest BCUT2D eigenvalue weighted by Crippen LogP contribution is -2.22. The monoisotopic (exact) mass is 509 g/mol. The van der Waals surface area contributed by atoms with Crippen LogP contribution in [0.2, 0.25) is 0 Å². The number of anilines is 2. The van der Waals surface area contributed by atoms with Gasteiger partial charge in [0.1, 0.15) is 0 Å². The van der Waals surface area contributed by atoms with E-state index in [1.54, 1.807) is 6.07 Å². The smallest absolute Gasteiger partial charge is 0.340 e. The van der Waals surface area contributed by atoms with Crippen LogP contribution in [0.5, 0.6) is 11.5 Å². The number of thiazole rings is 1. The maximum Gasteiger partial charge on any atom is 0.340 e. The van der Waals surface area contributed by atoms with Gasteiger partial charge in [-0.3, -0.25) is 14.9 Å². The lowest BCUT2D eigenvalue weighted by atomic mass is 10.1. The largest absolute Gasteiger partial charge is 0.493 e. The van der Waals surface area contributed by atoms with Crippen molar-refractivity contribution in [2.75, 3.05) is 31.5 Å². The number of nitrogens with zero attached hydrogens (tertiary/aromatic N) is 1. The Bertz CT molecular complexity index is 1100. The van der Waals surface area contributed by atoms with E-state index in [4.69, 9.17) is 18.6 Å². The molecular weight excluding hydrogens is 494 g/mol. The fourth-order valence-corrected chi connectivity index (χ4v) is 3.54. The maximum atomic E-state index is 12.7. The molecule has 0 spiro atoms. The SMILES string of the molecule is COc1cc(NC(=O)c2ccco2)c(C(=O)OCC(=O)Nc2ncc(Br)s2)cc1OC. The van der Waals surface area contributed by atoms with Crippen molar-refractivity contribution in [2.45, 2.75) is 0 Å². The Morgan fingerprint density at radius 1 is 1.16 bits per heavy atom. The second-order valence-corrected chi connectivity index (χ2v) is 8.19. The molecule has 2 heterocycles. The molecule has 2 amide bonds. The van der Waals surface area contributed by atoms with Crippen molar-refractivity contribution < 1.29 is 33.0 Å². The van der Waals surface area contributed by atoms with Crippen LogP contribution < -0.4 is 20.1 Å². The Morgan fingerprint density at radius 2 is 1.90 bits per heavy atom. The summed E-state index contributed by atoms with van der Waals surface area (Å²) in [7, 11) is 2.81. The van der Waals surface area contributed by atoms with Gasteiger partial charge in [0.25, 0.3) is 11.8 Å². The maximum absolute atomic E-state index is 12.7. The highest BCUT2D eigenvalue weighted by Gasteiger charge is 2.22. The van der Waals surface area contributed by atoms with Gasteiger partial charge < -0.3 is 23.9 Å². The molecule has 2 N–H and O–H groups in total. The van der Waals surface area contributed by atoms with E-state index in [9.17, 15) is 14.4 Å². The number of rotatable bonds is 8. The molecule has 0 saturated carbocycles. The average molecular weight is 510 g/mol. The van der Waals surface area contributed by atoms with Crippen LogP contribution in [-0.2, 0) is 9.53 Å². The Labute approximate surface area is 188 Å². The van der Waals surface area contributed by atoms with Crippen LogP contribution in [0.25, 0.3) is 0 Å². The number of hydrogen-bond donors (Lipinski definition) is 2. The van der Waals surface area contributed by atoms with E-state index in [2.05, 4.69) is 31.5 Å². The van der Waals surface area contributed by atoms with Gasteiger partial charge in [-0.25, -0.2) is 9.78 Å². The van der Waals surface area contributed by atoms with Gasteiger partial charge in [-0.15, -0.1) is 0 Å². The molecule has 1 aromatic carbocycles. The van der Waals surface area contributed by atoms with Gasteiger partial charge in [0, 0.05) is 12.1 Å². The van der Waals surface area contributed by atoms with E-state index >= 15 is 0 Å². The third kappa shape index (κ3) is 5.61. The minimum atomic E-state index is -0.855. The van der Waals surface area contributed by atoms with Crippen molar-refractivity contribution in [3.8, 4) is 11.5 Å². The van der Waals surface area contributed by atoms with E-state index in [1.165, 1.54) is 56.2 Å². The van der Waals surface area contributed by atoms with E-state index in [0.717, 1.165) is 3.79 Å². The summed E-state index contributed by atoms with van der Waals surface area (Å²) in [5.74, 6) is -1.45. The predicted molar refractivity (Wildman–Crippen MR) is 115 cm³/mol. The number of carbonyl (C=O) groups excluding carboxylic acids is 3. The molecule has 0 fully saturated rings. The number of hydrogen-bond acceptors (Lipinski definition) is 9. The summed E-state index contributed by atoms with van der Waals surface area (Å²) in [5, 5.41) is 5.43. The molecule has 12 heteroatoms. The van der Waals surface area contributed by atoms with Crippen LogP contribution in [0.1, 0.15) is 20.9 Å². The zero-order chi connectivity index (χ0) is 22.4. The quantitative estimate of drug-likeness (QED) is 0.441. The minimum Gasteiger partial charge on any atom is -0.493 e. The fraction of sp³-hybridized carbons (Fsp3) is 0.158. The van der Waals surface area contributed by atoms with Gasteiger partial charge >= 0.3 is 5.97 Å². The van der Waals surface area contributed by atoms with E-state index < -0.39 is 24.4 Å². The van der Waals surface area contributed by atoms with Gasteiger partial charge in [0.15, 0.2) is 29.0 Å². The summed E-state index contributed by atoms with van der Waals surface area (Å²) >= 11 is 4.45. The highest BCUT2D eigenvalue weighted by molar-refractivity contribution is 9.11. The van der Waals surface area contributed by atoms with Crippen LogP contribution >= 0.6 is 27.3 Å². The summed E-state index contributed by atoms with van der Waals surface area (Å²) in [4.78, 5) is 41.0. The topological polar surface area (TPSA) is 129 Å². The third-order valence-electron chi connectivity index (χ3n) is 3.79. The molecule has 0 aliphatic heterocycles. The highest BCUT2D eigenvalue weighted by atomic mass is 79.9. The summed E-state index contributed by atoms with van der Waals surface area (Å²) in [6.07, 6.45) is 2.88. The van der Waals surface area contributed by atoms with E-state index in [-0.39, 0.29) is 28.5 Å². The van der Waals surface area contributed by atoms with Crippen molar-refractivity contribution in [3.05, 3.63) is 51.8 Å². The van der Waals surface area contributed by atoms with E-state index in [1.807, 2.05) is 0 Å². The first-order chi connectivity index (χ1) is 14.9. The molecule has 0 radical (unpaired) electrons. The minimum absolute atomic E-state index is 0.0395. The van der Waals surface area contributed by atoms with Crippen LogP contribution in [-0.4, -0.2) is 43.6 Å². The van der Waals surface area contributed by atoms with Gasteiger partial charge in [0.05, 0.1) is 41.7 Å². The molecule has 3 aromatic rings. The Balaban J connectivity index is 1.77. The second-order valence-electron chi connectivity index (χ2n) is 5.78. The number of furan rings is 1. The number of carbonyl (C=O) groups is 3. The number of amides is 2. The fourth-order valence-electron chi connectivity index (χ4n) is 2.42. The Kier molecular flexibility index (Phi) is 7.26. The Morgan fingerprint density at radius 3 is 2.52 bits per heavy atom. The molecule has 0 aliphatic rings. The van der Waals surface area contributed by atoms with Crippen LogP contribution in [0.15, 0.2) is 44.9 Å². The van der Waals surface area contributed by atoms with E-state index in [0.29, 0.717) is 5.13 Å². The van der Waals surface area contributed by atoms with Crippen molar-refractivity contribution in [2.24, 2.45) is 0 Å². The van der Waals surface area contributed by atoms with Crippen molar-refractivity contribution in [1.29, 1.82) is 0 Å². The normalized spacial score (nSPS) is 10.3. The number of benzene rings is 1. The summed E-state index contributed by atoms with van der Waals surface area (Å²) < 4.78 is 21.3. The molecular formula is C19H16BrN3O7S. The molecule has 0 saturated heterocycles. The van der Waals surface area contributed by atoms with Crippen molar-refractivity contribution in [1.82, 2.24) is 4.98 Å². The molecule has 0 bridgehead atoms. The number of ether oxygens (including phenoxy) is 3. The summed E-state index contributed by atoms with van der Waals surface area (Å²) in [6, 6.07) is 5.77. The average Bonchev–Trinajstić information content (AvgIpc) is 3.43. The first-order valence-electron chi connectivity index (χ1n) is 8.60. The zero-order valence-corrected chi connectivity index (χ0v) is 18.7. The van der Waals surface area contributed by atoms with Crippen LogP contribution in [0.3, 0.4) is 0 Å². The standard InChI is InChI=1S/C19H16BrN3O7S/c1-27-13-6-10(18(26)30-9-16(24)23-19-21-8-15(20)31-19)11(7-14(13)28-2)22-17(25)12-4-3-5-29-12/h3-8H,9H2,1-2H3,(H,22,25)(H,21,23,24). The van der Waals surface area contributed by atoms with Gasteiger partial charge in [-0.1, -0.05) is 11.3 Å². The molecule has 0 aliphatic carbocycles. The van der Waals surface area contributed by atoms with Crippen molar-refractivity contribution >= 4 is 55.9 Å². The first-order valence-corrected chi connectivity index (χ1v) is 10.2. The van der Waals surface area contributed by atoms with Crippen molar-refractivity contribution in [3.63, 3.8) is 0 Å². The van der Waals surface area contributed by atoms with Crippen LogP contribution in [0.4, 0.5) is 10.8 Å². The van der Waals surface area contributed by atoms with Gasteiger partial charge in [-0.2, -0.15) is 0 Å². The molecule has 162 valence electrons. The zero-order valence-electron chi connectivity index (χ0n) is 16.3. The lowest BCUT2D eigenvalue weighted by molar-refractivity contribution is -0.119. The number of esters is 1. The number of aromatic nitrogens is 1. The highest BCUT2D eigenvalue weighted by Crippen LogP contribution is 2.34. The summed E-state index contributed by atoms with van der Waals surface area (Å²) in [6.45, 7) is -0.560. The molecule has 0 atom stereocenters. The van der Waals surface area contributed by atoms with Crippen LogP contribution in [0, 0.1) is 0 Å². The third-order valence-corrected chi connectivity index (χ3v) is 5.19. The number of methoxy groups -OCH3 is 2. The number of nitrogens with one attached hydrogen (secondary N) is 2. The Hall–Kier alpha value is -3.38. The van der Waals surface area contributed by atoms with Gasteiger partial charge in [0.2, 0.25) is 0 Å². The molecule has 0 unspecified atom stereocenters. The molecule has 10 nitrogen and oxygen atoms in total. The molecule has 3 rings (SSSR count). The second kappa shape index (κ2) is 10.1. The summed E-state index contributed by atoms with van der Waals surface area (Å²) in [5.41, 5.74) is 0.0515. The lowest BCUT2D eigenvalue weighted by Gasteiger charge is -2.15. The number of halogens is 1. The predicted octanol–water partition coefficient (Wildman–Crippen LogP) is 3.56. The molecule has 31 heavy (non-hydrogen) atoms. The molecule has 2 aromatic heterocycles. The van der Waals surface area contributed by atoms with Gasteiger partial charge in [-0.05, 0) is 28.1 Å². The first kappa shape index (κ1) is 22.3.